The number of hydrogen-bond acceptors (Lipinski definition) is 3. The summed E-state index contributed by atoms with van der Waals surface area (Å²) in [5, 5.41) is 0. The van der Waals surface area contributed by atoms with Crippen LogP contribution in [-0.4, -0.2) is 31.9 Å². The van der Waals surface area contributed by atoms with Crippen molar-refractivity contribution in [3.05, 3.63) is 29.6 Å². The van der Waals surface area contributed by atoms with Crippen LogP contribution in [0.3, 0.4) is 0 Å². The highest BCUT2D eigenvalue weighted by Crippen LogP contribution is 2.29. The fourth-order valence-corrected chi connectivity index (χ4v) is 4.63. The highest BCUT2D eigenvalue weighted by atomic mass is 32.2. The van der Waals surface area contributed by atoms with Gasteiger partial charge in [-0.15, -0.1) is 0 Å². The fourth-order valence-electron chi connectivity index (χ4n) is 2.65. The lowest BCUT2D eigenvalue weighted by molar-refractivity contribution is 0.211. The third-order valence-corrected chi connectivity index (χ3v) is 6.11. The molecule has 1 saturated heterocycles. The number of sulfonamides is 1. The van der Waals surface area contributed by atoms with Crippen molar-refractivity contribution in [1.29, 1.82) is 0 Å². The van der Waals surface area contributed by atoms with Crippen molar-refractivity contribution in [2.75, 3.05) is 13.1 Å². The van der Waals surface area contributed by atoms with Gasteiger partial charge in [-0.05, 0) is 56.8 Å². The van der Waals surface area contributed by atoms with Gasteiger partial charge < -0.3 is 5.73 Å². The second-order valence-electron chi connectivity index (χ2n) is 5.51. The molecule has 0 saturated carbocycles. The number of benzene rings is 1. The summed E-state index contributed by atoms with van der Waals surface area (Å²) < 4.78 is 40.4. The van der Waals surface area contributed by atoms with Crippen LogP contribution in [0.5, 0.6) is 0 Å². The number of halogens is 1. The summed E-state index contributed by atoms with van der Waals surface area (Å²) in [5.74, 6) is -0.357. The third kappa shape index (κ3) is 2.87. The maximum absolute atomic E-state index is 13.4. The number of nitrogens with two attached hydrogens (primary N) is 1. The molecular weight excluding hydrogens is 279 g/mol. The maximum Gasteiger partial charge on any atom is 0.243 e. The second kappa shape index (κ2) is 5.79. The lowest BCUT2D eigenvalue weighted by atomic mass is 9.96. The Morgan fingerprint density at radius 3 is 2.75 bits per heavy atom. The minimum atomic E-state index is -3.67. The van der Waals surface area contributed by atoms with Gasteiger partial charge in [0.25, 0.3) is 0 Å². The van der Waals surface area contributed by atoms with Crippen LogP contribution in [0.4, 0.5) is 4.39 Å². The molecule has 1 aromatic rings. The van der Waals surface area contributed by atoms with E-state index in [0.29, 0.717) is 18.7 Å². The Bertz CT molecular complexity index is 589. The second-order valence-corrected chi connectivity index (χ2v) is 7.37. The van der Waals surface area contributed by atoms with E-state index in [1.54, 1.807) is 6.92 Å². The van der Waals surface area contributed by atoms with Crippen LogP contribution in [0.2, 0.25) is 0 Å². The summed E-state index contributed by atoms with van der Waals surface area (Å²) in [6.45, 7) is 4.46. The first-order chi connectivity index (χ1) is 9.36. The van der Waals surface area contributed by atoms with E-state index in [2.05, 4.69) is 0 Å². The monoisotopic (exact) mass is 300 g/mol. The number of rotatable bonds is 3. The molecular formula is C14H21FN2O2S. The van der Waals surface area contributed by atoms with E-state index in [0.717, 1.165) is 18.9 Å². The molecule has 112 valence electrons. The number of piperidine rings is 1. The summed E-state index contributed by atoms with van der Waals surface area (Å²) in [6, 6.07) is 3.79. The fraction of sp³-hybridized carbons (Fsp3) is 0.571. The van der Waals surface area contributed by atoms with Crippen LogP contribution in [0, 0.1) is 18.7 Å². The average molecular weight is 300 g/mol. The molecule has 0 spiro atoms. The predicted octanol–water partition coefficient (Wildman–Crippen LogP) is 1.88. The van der Waals surface area contributed by atoms with E-state index in [-0.39, 0.29) is 16.9 Å². The summed E-state index contributed by atoms with van der Waals surface area (Å²) in [5.41, 5.74) is 6.23. The Kier molecular flexibility index (Phi) is 4.46. The van der Waals surface area contributed by atoms with E-state index in [4.69, 9.17) is 5.73 Å². The average Bonchev–Trinajstić information content (AvgIpc) is 2.41. The molecule has 4 nitrogen and oxygen atoms in total. The van der Waals surface area contributed by atoms with Gasteiger partial charge in [-0.3, -0.25) is 0 Å². The molecule has 2 atom stereocenters. The molecule has 2 unspecified atom stereocenters. The van der Waals surface area contributed by atoms with Gasteiger partial charge in [0.05, 0.1) is 4.90 Å². The van der Waals surface area contributed by atoms with Crippen molar-refractivity contribution < 1.29 is 12.8 Å². The van der Waals surface area contributed by atoms with Crippen LogP contribution < -0.4 is 5.73 Å². The molecule has 2 rings (SSSR count). The molecule has 20 heavy (non-hydrogen) atoms. The van der Waals surface area contributed by atoms with E-state index in [9.17, 15) is 12.8 Å². The molecule has 0 radical (unpaired) electrons. The first-order valence-electron chi connectivity index (χ1n) is 6.84. The third-order valence-electron chi connectivity index (χ3n) is 3.99. The number of aryl methyl sites for hydroxylation is 1. The molecule has 6 heteroatoms. The summed E-state index contributed by atoms with van der Waals surface area (Å²) in [4.78, 5) is 0.0574. The lowest BCUT2D eigenvalue weighted by Gasteiger charge is -2.36. The minimum Gasteiger partial charge on any atom is -0.330 e. The number of nitrogens with zero attached hydrogens (tertiary/aromatic N) is 1. The van der Waals surface area contributed by atoms with Crippen LogP contribution in [-0.2, 0) is 10.0 Å². The Balaban J connectivity index is 2.40. The molecule has 1 aromatic carbocycles. The molecule has 1 fully saturated rings. The van der Waals surface area contributed by atoms with Crippen LogP contribution in [0.15, 0.2) is 23.1 Å². The SMILES string of the molecule is Cc1ccc(F)cc1S(=O)(=O)N1CC(CN)CCC1C. The van der Waals surface area contributed by atoms with Gasteiger partial charge in [-0.2, -0.15) is 4.31 Å². The van der Waals surface area contributed by atoms with Crippen LogP contribution >= 0.6 is 0 Å². The van der Waals surface area contributed by atoms with Gasteiger partial charge >= 0.3 is 0 Å². The summed E-state index contributed by atoms with van der Waals surface area (Å²) in [6.07, 6.45) is 1.72. The van der Waals surface area contributed by atoms with Crippen molar-refractivity contribution in [2.24, 2.45) is 11.7 Å². The largest absolute Gasteiger partial charge is 0.330 e. The van der Waals surface area contributed by atoms with Crippen molar-refractivity contribution in [3.8, 4) is 0 Å². The van der Waals surface area contributed by atoms with Crippen molar-refractivity contribution >= 4 is 10.0 Å². The zero-order valence-electron chi connectivity index (χ0n) is 11.8. The highest BCUT2D eigenvalue weighted by Gasteiger charge is 2.35. The minimum absolute atomic E-state index is 0.0574. The predicted molar refractivity (Wildman–Crippen MR) is 76.3 cm³/mol. The van der Waals surface area contributed by atoms with Gasteiger partial charge in [-0.25, -0.2) is 12.8 Å². The van der Waals surface area contributed by atoms with Gasteiger partial charge in [0.2, 0.25) is 10.0 Å². The van der Waals surface area contributed by atoms with E-state index in [1.165, 1.54) is 16.4 Å². The molecule has 0 aliphatic carbocycles. The van der Waals surface area contributed by atoms with Crippen LogP contribution in [0.25, 0.3) is 0 Å². The Labute approximate surface area is 119 Å². The summed E-state index contributed by atoms with van der Waals surface area (Å²) in [7, 11) is -3.67. The number of hydrogen-bond donors (Lipinski definition) is 1. The standard InChI is InChI=1S/C14H21FN2O2S/c1-10-3-6-13(15)7-14(10)20(18,19)17-9-12(8-16)5-4-11(17)2/h3,6-7,11-12H,4-5,8-9,16H2,1-2H3. The Morgan fingerprint density at radius 1 is 1.40 bits per heavy atom. The molecule has 1 heterocycles. The zero-order chi connectivity index (χ0) is 14.9. The maximum atomic E-state index is 13.4. The van der Waals surface area contributed by atoms with Gasteiger partial charge in [0.15, 0.2) is 0 Å². The normalized spacial score (nSPS) is 24.8. The van der Waals surface area contributed by atoms with E-state index in [1.807, 2.05) is 6.92 Å². The van der Waals surface area contributed by atoms with Crippen molar-refractivity contribution in [2.45, 2.75) is 37.6 Å². The van der Waals surface area contributed by atoms with Crippen LogP contribution in [0.1, 0.15) is 25.3 Å². The summed E-state index contributed by atoms with van der Waals surface area (Å²) >= 11 is 0. The Morgan fingerprint density at radius 2 is 2.10 bits per heavy atom. The zero-order valence-corrected chi connectivity index (χ0v) is 12.7. The van der Waals surface area contributed by atoms with Gasteiger partial charge in [-0.1, -0.05) is 6.07 Å². The van der Waals surface area contributed by atoms with Crippen molar-refractivity contribution in [1.82, 2.24) is 4.31 Å². The van der Waals surface area contributed by atoms with Crippen molar-refractivity contribution in [3.63, 3.8) is 0 Å². The van der Waals surface area contributed by atoms with E-state index >= 15 is 0 Å². The van der Waals surface area contributed by atoms with Gasteiger partial charge in [0.1, 0.15) is 5.82 Å². The first-order valence-corrected chi connectivity index (χ1v) is 8.28. The molecule has 0 bridgehead atoms. The Hall–Kier alpha value is -0.980. The molecule has 1 aliphatic heterocycles. The molecule has 2 N–H and O–H groups in total. The first kappa shape index (κ1) is 15.4. The topological polar surface area (TPSA) is 63.4 Å². The lowest BCUT2D eigenvalue weighted by Crippen LogP contribution is -2.47. The molecule has 0 amide bonds. The molecule has 1 aliphatic rings. The smallest absolute Gasteiger partial charge is 0.243 e. The quantitative estimate of drug-likeness (QED) is 0.927. The van der Waals surface area contributed by atoms with Gasteiger partial charge in [0, 0.05) is 12.6 Å². The highest BCUT2D eigenvalue weighted by molar-refractivity contribution is 7.89. The molecule has 0 aromatic heterocycles. The van der Waals surface area contributed by atoms with E-state index < -0.39 is 15.8 Å².